The second-order valence-electron chi connectivity index (χ2n) is 8.17. The first kappa shape index (κ1) is 21.2. The third-order valence-electron chi connectivity index (χ3n) is 5.70. The van der Waals surface area contributed by atoms with Crippen molar-refractivity contribution in [3.8, 4) is 0 Å². The summed E-state index contributed by atoms with van der Waals surface area (Å²) < 4.78 is 28.8. The molecule has 0 spiro atoms. The van der Waals surface area contributed by atoms with Crippen molar-refractivity contribution < 1.29 is 8.42 Å². The van der Waals surface area contributed by atoms with Gasteiger partial charge >= 0.3 is 0 Å². The van der Waals surface area contributed by atoms with E-state index in [0.717, 1.165) is 35.7 Å². The number of nitrogens with zero attached hydrogens (tertiary/aromatic N) is 3. The highest BCUT2D eigenvalue weighted by Crippen LogP contribution is 2.26. The van der Waals surface area contributed by atoms with Gasteiger partial charge in [-0.2, -0.15) is 4.98 Å². The molecule has 168 valence electrons. The number of fused-ring (bicyclic) bond motifs is 1. The lowest BCUT2D eigenvalue weighted by atomic mass is 10.1. The molecule has 0 aliphatic carbocycles. The zero-order chi connectivity index (χ0) is 22.8. The quantitative estimate of drug-likeness (QED) is 0.418. The van der Waals surface area contributed by atoms with Gasteiger partial charge in [0.25, 0.3) is 10.0 Å². The molecule has 1 saturated heterocycles. The third kappa shape index (κ3) is 4.61. The summed E-state index contributed by atoms with van der Waals surface area (Å²) in [4.78, 5) is 11.7. The monoisotopic (exact) mass is 459 g/mol. The maximum absolute atomic E-state index is 13.0. The van der Waals surface area contributed by atoms with Crippen molar-refractivity contribution in [1.29, 1.82) is 0 Å². The van der Waals surface area contributed by atoms with E-state index in [4.69, 9.17) is 0 Å². The summed E-state index contributed by atoms with van der Waals surface area (Å²) in [6.45, 7) is 3.99. The van der Waals surface area contributed by atoms with Crippen molar-refractivity contribution in [1.82, 2.24) is 9.97 Å². The lowest BCUT2D eigenvalue weighted by Gasteiger charge is -2.17. The Morgan fingerprint density at radius 1 is 0.848 bits per heavy atom. The van der Waals surface area contributed by atoms with Gasteiger partial charge < -0.3 is 10.2 Å². The molecule has 33 heavy (non-hydrogen) atoms. The topological polar surface area (TPSA) is 87.2 Å². The Kier molecular flexibility index (Phi) is 5.60. The van der Waals surface area contributed by atoms with Gasteiger partial charge in [-0.15, -0.1) is 0 Å². The van der Waals surface area contributed by atoms with Gasteiger partial charge in [-0.3, -0.25) is 4.72 Å². The van der Waals surface area contributed by atoms with Gasteiger partial charge in [0.05, 0.1) is 4.90 Å². The van der Waals surface area contributed by atoms with E-state index in [2.05, 4.69) is 24.9 Å². The van der Waals surface area contributed by atoms with E-state index in [0.29, 0.717) is 17.0 Å². The Morgan fingerprint density at radius 2 is 1.55 bits per heavy atom. The van der Waals surface area contributed by atoms with Crippen molar-refractivity contribution >= 4 is 43.9 Å². The van der Waals surface area contributed by atoms with E-state index in [-0.39, 0.29) is 4.90 Å². The number of rotatable bonds is 6. The molecule has 0 bridgehead atoms. The molecule has 0 radical (unpaired) electrons. The summed E-state index contributed by atoms with van der Waals surface area (Å²) in [5, 5.41) is 4.80. The van der Waals surface area contributed by atoms with E-state index in [1.54, 1.807) is 24.3 Å². The number of aromatic nitrogens is 2. The van der Waals surface area contributed by atoms with Gasteiger partial charge in [0.2, 0.25) is 5.95 Å². The Hall–Kier alpha value is -3.65. The van der Waals surface area contributed by atoms with Crippen LogP contribution < -0.4 is 14.9 Å². The Morgan fingerprint density at radius 3 is 2.33 bits per heavy atom. The molecule has 2 N–H and O–H groups in total. The molecular formula is C25H25N5O2S. The van der Waals surface area contributed by atoms with Crippen LogP contribution in [0.4, 0.5) is 23.1 Å². The van der Waals surface area contributed by atoms with Crippen molar-refractivity contribution in [3.63, 3.8) is 0 Å². The van der Waals surface area contributed by atoms with Gasteiger partial charge in [-0.1, -0.05) is 36.4 Å². The fraction of sp³-hybridized carbons (Fsp3) is 0.200. The second-order valence-corrected chi connectivity index (χ2v) is 9.82. The minimum atomic E-state index is -3.73. The van der Waals surface area contributed by atoms with Crippen LogP contribution in [0.15, 0.2) is 77.7 Å². The van der Waals surface area contributed by atoms with E-state index in [1.165, 1.54) is 12.8 Å². The molecule has 1 aliphatic rings. The summed E-state index contributed by atoms with van der Waals surface area (Å²) in [5.74, 6) is 1.46. The Labute approximate surface area is 193 Å². The van der Waals surface area contributed by atoms with Crippen LogP contribution in [0.1, 0.15) is 18.5 Å². The average molecular weight is 460 g/mol. The number of hydrogen-bond acceptors (Lipinski definition) is 6. The molecule has 1 fully saturated rings. The molecule has 3 aromatic carbocycles. The van der Waals surface area contributed by atoms with E-state index in [9.17, 15) is 8.42 Å². The summed E-state index contributed by atoms with van der Waals surface area (Å²) in [7, 11) is -3.73. The molecular weight excluding hydrogens is 434 g/mol. The number of hydrogen-bond donors (Lipinski definition) is 2. The molecule has 0 atom stereocenters. The van der Waals surface area contributed by atoms with Gasteiger partial charge in [-0.25, -0.2) is 13.4 Å². The lowest BCUT2D eigenvalue weighted by Crippen LogP contribution is -2.19. The second kappa shape index (κ2) is 8.71. The lowest BCUT2D eigenvalue weighted by molar-refractivity contribution is 0.602. The average Bonchev–Trinajstić information content (AvgIpc) is 3.35. The summed E-state index contributed by atoms with van der Waals surface area (Å²) >= 11 is 0. The summed E-state index contributed by atoms with van der Waals surface area (Å²) in [6.07, 6.45) is 2.36. The SMILES string of the molecule is Cc1cc(N2CCCC2)nc(Nc2ccc(NS(=O)(=O)c3cccc4ccccc34)cc2)n1. The van der Waals surface area contributed by atoms with Crippen LogP contribution in [0.25, 0.3) is 10.8 Å². The number of nitrogens with one attached hydrogen (secondary N) is 2. The van der Waals surface area contributed by atoms with Crippen molar-refractivity contribution in [2.75, 3.05) is 28.0 Å². The number of anilines is 4. The summed E-state index contributed by atoms with van der Waals surface area (Å²) in [5.41, 5.74) is 2.16. The van der Waals surface area contributed by atoms with Crippen molar-refractivity contribution in [2.24, 2.45) is 0 Å². The normalized spacial score (nSPS) is 13.9. The molecule has 7 nitrogen and oxygen atoms in total. The minimum Gasteiger partial charge on any atom is -0.356 e. The van der Waals surface area contributed by atoms with Gasteiger partial charge in [0.1, 0.15) is 5.82 Å². The fourth-order valence-electron chi connectivity index (χ4n) is 4.11. The zero-order valence-corrected chi connectivity index (χ0v) is 19.1. The highest BCUT2D eigenvalue weighted by molar-refractivity contribution is 7.93. The van der Waals surface area contributed by atoms with Crippen LogP contribution in [0.5, 0.6) is 0 Å². The predicted molar refractivity (Wildman–Crippen MR) is 133 cm³/mol. The van der Waals surface area contributed by atoms with E-state index < -0.39 is 10.0 Å². The molecule has 1 aliphatic heterocycles. The predicted octanol–water partition coefficient (Wildman–Crippen LogP) is 5.08. The first-order chi connectivity index (χ1) is 16.0. The number of sulfonamides is 1. The van der Waals surface area contributed by atoms with Gasteiger partial charge in [-0.05, 0) is 55.5 Å². The minimum absolute atomic E-state index is 0.255. The van der Waals surface area contributed by atoms with Crippen LogP contribution in [-0.2, 0) is 10.0 Å². The Balaban J connectivity index is 1.34. The standard InChI is InChI=1S/C25H25N5O2S/c1-18-17-24(30-15-4-5-16-30)28-25(26-18)27-20-11-13-21(14-12-20)29-33(31,32)23-10-6-8-19-7-2-3-9-22(19)23/h2-3,6-14,17,29H,4-5,15-16H2,1H3,(H,26,27,28). The molecule has 0 amide bonds. The third-order valence-corrected chi connectivity index (χ3v) is 7.14. The highest BCUT2D eigenvalue weighted by atomic mass is 32.2. The molecule has 2 heterocycles. The van der Waals surface area contributed by atoms with Crippen molar-refractivity contribution in [3.05, 3.63) is 78.5 Å². The molecule has 0 unspecified atom stereocenters. The van der Waals surface area contributed by atoms with E-state index >= 15 is 0 Å². The first-order valence-electron chi connectivity index (χ1n) is 11.0. The maximum Gasteiger partial charge on any atom is 0.262 e. The smallest absolute Gasteiger partial charge is 0.262 e. The van der Waals surface area contributed by atoms with E-state index in [1.807, 2.05) is 55.5 Å². The van der Waals surface area contributed by atoms with Crippen LogP contribution in [-0.4, -0.2) is 31.5 Å². The van der Waals surface area contributed by atoms with Crippen LogP contribution >= 0.6 is 0 Å². The fourth-order valence-corrected chi connectivity index (χ4v) is 5.40. The molecule has 1 aromatic heterocycles. The van der Waals surface area contributed by atoms with Crippen LogP contribution in [0.3, 0.4) is 0 Å². The number of aryl methyl sites for hydroxylation is 1. The zero-order valence-electron chi connectivity index (χ0n) is 18.3. The molecule has 5 rings (SSSR count). The van der Waals surface area contributed by atoms with Crippen molar-refractivity contribution in [2.45, 2.75) is 24.7 Å². The van der Waals surface area contributed by atoms with Crippen LogP contribution in [0, 0.1) is 6.92 Å². The van der Waals surface area contributed by atoms with Gasteiger partial charge in [0, 0.05) is 41.6 Å². The Bertz CT molecular complexity index is 1390. The summed E-state index contributed by atoms with van der Waals surface area (Å²) in [6, 6.07) is 21.8. The first-order valence-corrected chi connectivity index (χ1v) is 12.4. The molecule has 8 heteroatoms. The van der Waals surface area contributed by atoms with Gasteiger partial charge in [0.15, 0.2) is 0 Å². The molecule has 0 saturated carbocycles. The maximum atomic E-state index is 13.0. The largest absolute Gasteiger partial charge is 0.356 e. The van der Waals surface area contributed by atoms with Crippen LogP contribution in [0.2, 0.25) is 0 Å². The molecule has 4 aromatic rings. The number of benzene rings is 3. The highest BCUT2D eigenvalue weighted by Gasteiger charge is 2.18.